The Balaban J connectivity index is 1.92. The highest BCUT2D eigenvalue weighted by Crippen LogP contribution is 2.22. The van der Waals surface area contributed by atoms with E-state index in [1.54, 1.807) is 23.1 Å². The first-order chi connectivity index (χ1) is 16.7. The number of nitrogens with one attached hydrogen (secondary N) is 1. The number of nitrogens with zero attached hydrogens (tertiary/aromatic N) is 1. The largest absolute Gasteiger partial charge is 0.484 e. The lowest BCUT2D eigenvalue weighted by atomic mass is 10.0. The first-order valence-electron chi connectivity index (χ1n) is 11.8. The minimum Gasteiger partial charge on any atom is -0.484 e. The fourth-order valence-electron chi connectivity index (χ4n) is 3.84. The van der Waals surface area contributed by atoms with E-state index < -0.39 is 6.04 Å². The number of carbonyl (C=O) groups is 2. The molecule has 35 heavy (non-hydrogen) atoms. The quantitative estimate of drug-likeness (QED) is 0.406. The second kappa shape index (κ2) is 12.4. The van der Waals surface area contributed by atoms with E-state index in [0.717, 1.165) is 22.3 Å². The lowest BCUT2D eigenvalue weighted by Crippen LogP contribution is -2.52. The van der Waals surface area contributed by atoms with Crippen molar-refractivity contribution >= 4 is 23.4 Å². The Bertz CT molecular complexity index is 1150. The Morgan fingerprint density at radius 2 is 1.63 bits per heavy atom. The van der Waals surface area contributed by atoms with Gasteiger partial charge in [-0.05, 0) is 68.1 Å². The molecule has 184 valence electrons. The van der Waals surface area contributed by atoms with E-state index in [1.165, 1.54) is 0 Å². The summed E-state index contributed by atoms with van der Waals surface area (Å²) in [6.07, 6.45) is 0.400. The zero-order valence-corrected chi connectivity index (χ0v) is 21.5. The van der Waals surface area contributed by atoms with Gasteiger partial charge < -0.3 is 15.0 Å². The second-order valence-corrected chi connectivity index (χ2v) is 9.42. The van der Waals surface area contributed by atoms with Gasteiger partial charge in [-0.15, -0.1) is 0 Å². The van der Waals surface area contributed by atoms with E-state index in [2.05, 4.69) is 5.32 Å². The maximum Gasteiger partial charge on any atom is 0.261 e. The second-order valence-electron chi connectivity index (χ2n) is 9.02. The topological polar surface area (TPSA) is 58.6 Å². The molecule has 0 aliphatic heterocycles. The van der Waals surface area contributed by atoms with Gasteiger partial charge in [0.25, 0.3) is 5.91 Å². The van der Waals surface area contributed by atoms with Crippen LogP contribution in [0, 0.1) is 13.8 Å². The monoisotopic (exact) mass is 492 g/mol. The molecule has 0 saturated heterocycles. The van der Waals surface area contributed by atoms with Crippen molar-refractivity contribution in [3.63, 3.8) is 0 Å². The summed E-state index contributed by atoms with van der Waals surface area (Å²) >= 11 is 6.12. The van der Waals surface area contributed by atoms with E-state index in [-0.39, 0.29) is 24.5 Å². The van der Waals surface area contributed by atoms with Crippen LogP contribution in [0.25, 0.3) is 0 Å². The highest BCUT2D eigenvalue weighted by Gasteiger charge is 2.31. The van der Waals surface area contributed by atoms with Crippen LogP contribution in [0.15, 0.2) is 72.8 Å². The van der Waals surface area contributed by atoms with Gasteiger partial charge in [0.2, 0.25) is 5.91 Å². The van der Waals surface area contributed by atoms with Crippen molar-refractivity contribution in [2.75, 3.05) is 6.61 Å². The van der Waals surface area contributed by atoms with Crippen LogP contribution < -0.4 is 10.1 Å². The van der Waals surface area contributed by atoms with Gasteiger partial charge in [0.15, 0.2) is 6.61 Å². The third kappa shape index (κ3) is 7.59. The molecule has 3 aromatic rings. The Morgan fingerprint density at radius 1 is 0.943 bits per heavy atom. The summed E-state index contributed by atoms with van der Waals surface area (Å²) in [5, 5.41) is 3.64. The summed E-state index contributed by atoms with van der Waals surface area (Å²) in [6, 6.07) is 22.2. The molecule has 2 amide bonds. The molecule has 6 heteroatoms. The van der Waals surface area contributed by atoms with E-state index in [4.69, 9.17) is 16.3 Å². The van der Waals surface area contributed by atoms with E-state index in [9.17, 15) is 9.59 Å². The average molecular weight is 493 g/mol. The Kier molecular flexibility index (Phi) is 9.32. The molecular weight excluding hydrogens is 460 g/mol. The van der Waals surface area contributed by atoms with Crippen LogP contribution in [-0.2, 0) is 22.6 Å². The Labute approximate surface area is 213 Å². The third-order valence-corrected chi connectivity index (χ3v) is 6.22. The number of ether oxygens (including phenoxy) is 1. The van der Waals surface area contributed by atoms with Crippen molar-refractivity contribution in [1.29, 1.82) is 0 Å². The summed E-state index contributed by atoms with van der Waals surface area (Å²) in [5.74, 6) is 0.108. The highest BCUT2D eigenvalue weighted by atomic mass is 35.5. The molecule has 5 nitrogen and oxygen atoms in total. The first-order valence-corrected chi connectivity index (χ1v) is 12.2. The molecule has 0 radical (unpaired) electrons. The summed E-state index contributed by atoms with van der Waals surface area (Å²) in [6.45, 7) is 7.83. The molecule has 0 fully saturated rings. The van der Waals surface area contributed by atoms with Gasteiger partial charge in [-0.1, -0.05) is 66.2 Å². The van der Waals surface area contributed by atoms with Gasteiger partial charge >= 0.3 is 0 Å². The third-order valence-electron chi connectivity index (χ3n) is 5.80. The van der Waals surface area contributed by atoms with Crippen molar-refractivity contribution in [2.24, 2.45) is 0 Å². The maximum absolute atomic E-state index is 13.6. The van der Waals surface area contributed by atoms with Crippen LogP contribution in [0.5, 0.6) is 5.75 Å². The van der Waals surface area contributed by atoms with Crippen LogP contribution in [0.1, 0.15) is 36.1 Å². The van der Waals surface area contributed by atoms with Crippen molar-refractivity contribution in [3.8, 4) is 5.75 Å². The van der Waals surface area contributed by atoms with Crippen molar-refractivity contribution < 1.29 is 14.3 Å². The smallest absolute Gasteiger partial charge is 0.261 e. The number of aryl methyl sites for hydroxylation is 2. The lowest BCUT2D eigenvalue weighted by molar-refractivity contribution is -0.143. The van der Waals surface area contributed by atoms with Gasteiger partial charge in [0.1, 0.15) is 11.8 Å². The number of amides is 2. The normalized spacial score (nSPS) is 11.7. The first kappa shape index (κ1) is 26.3. The summed E-state index contributed by atoms with van der Waals surface area (Å²) in [7, 11) is 0. The number of hydrogen-bond acceptors (Lipinski definition) is 3. The minimum absolute atomic E-state index is 0.0514. The predicted octanol–water partition coefficient (Wildman–Crippen LogP) is 5.50. The molecule has 0 bridgehead atoms. The molecule has 3 aromatic carbocycles. The highest BCUT2D eigenvalue weighted by molar-refractivity contribution is 6.31. The molecule has 0 saturated carbocycles. The Hall–Kier alpha value is -3.31. The fraction of sp³-hybridized carbons (Fsp3) is 0.310. The molecule has 0 spiro atoms. The summed E-state index contributed by atoms with van der Waals surface area (Å²) in [4.78, 5) is 28.6. The van der Waals surface area contributed by atoms with Crippen molar-refractivity contribution in [2.45, 2.75) is 52.7 Å². The molecule has 0 heterocycles. The number of rotatable bonds is 10. The average Bonchev–Trinajstić information content (AvgIpc) is 2.83. The number of hydrogen-bond donors (Lipinski definition) is 1. The number of carbonyl (C=O) groups excluding carboxylic acids is 2. The molecule has 1 N–H and O–H groups in total. The zero-order valence-electron chi connectivity index (χ0n) is 20.8. The predicted molar refractivity (Wildman–Crippen MR) is 141 cm³/mol. The fourth-order valence-corrected chi connectivity index (χ4v) is 3.96. The van der Waals surface area contributed by atoms with Gasteiger partial charge in [0, 0.05) is 24.0 Å². The molecule has 3 rings (SSSR count). The van der Waals surface area contributed by atoms with Crippen LogP contribution in [0.2, 0.25) is 5.02 Å². The van der Waals surface area contributed by atoms with Gasteiger partial charge in [-0.2, -0.15) is 0 Å². The summed E-state index contributed by atoms with van der Waals surface area (Å²) < 4.78 is 5.83. The lowest BCUT2D eigenvalue weighted by Gasteiger charge is -2.32. The van der Waals surface area contributed by atoms with E-state index in [0.29, 0.717) is 23.7 Å². The van der Waals surface area contributed by atoms with Crippen molar-refractivity contribution in [3.05, 3.63) is 100 Å². The number of benzene rings is 3. The van der Waals surface area contributed by atoms with Crippen LogP contribution in [0.4, 0.5) is 0 Å². The summed E-state index contributed by atoms with van der Waals surface area (Å²) in [5.41, 5.74) is 3.89. The molecular formula is C29H33ClN2O3. The van der Waals surface area contributed by atoms with Crippen molar-refractivity contribution in [1.82, 2.24) is 10.2 Å². The molecule has 0 unspecified atom stereocenters. The van der Waals surface area contributed by atoms with E-state index >= 15 is 0 Å². The molecule has 1 atom stereocenters. The SMILES string of the molecule is Cc1cc(OCC(=O)N(Cc2ccccc2C)[C@@H](Cc2ccccc2)C(=O)NC(C)C)ccc1Cl. The van der Waals surface area contributed by atoms with E-state index in [1.807, 2.05) is 82.3 Å². The molecule has 0 aliphatic carbocycles. The Morgan fingerprint density at radius 3 is 2.29 bits per heavy atom. The molecule has 0 aromatic heterocycles. The zero-order chi connectivity index (χ0) is 25.4. The maximum atomic E-state index is 13.6. The van der Waals surface area contributed by atoms with Gasteiger partial charge in [-0.3, -0.25) is 9.59 Å². The minimum atomic E-state index is -0.692. The van der Waals surface area contributed by atoms with Crippen LogP contribution >= 0.6 is 11.6 Å². The number of halogens is 1. The van der Waals surface area contributed by atoms with Crippen LogP contribution in [-0.4, -0.2) is 35.4 Å². The molecule has 0 aliphatic rings. The van der Waals surface area contributed by atoms with Gasteiger partial charge in [-0.25, -0.2) is 0 Å². The standard InChI is InChI=1S/C29H33ClN2O3/c1-20(2)31-29(34)27(17-23-11-6-5-7-12-23)32(18-24-13-9-8-10-21(24)3)28(33)19-35-25-14-15-26(30)22(4)16-25/h5-16,20,27H,17-19H2,1-4H3,(H,31,34)/t27-/m0/s1. The van der Waals surface area contributed by atoms with Gasteiger partial charge in [0.05, 0.1) is 0 Å². The van der Waals surface area contributed by atoms with Crippen LogP contribution in [0.3, 0.4) is 0 Å².